The second-order valence-corrected chi connectivity index (χ2v) is 15.8. The molecule has 4 bridgehead atoms. The van der Waals surface area contributed by atoms with E-state index < -0.39 is 24.2 Å². The van der Waals surface area contributed by atoms with Gasteiger partial charge < -0.3 is 31.1 Å². The van der Waals surface area contributed by atoms with Crippen molar-refractivity contribution >= 4 is 23.8 Å². The number of amides is 4. The van der Waals surface area contributed by atoms with Gasteiger partial charge in [0.1, 0.15) is 0 Å². The highest BCUT2D eigenvalue weighted by Crippen LogP contribution is 2.66. The molecule has 4 amide bonds. The summed E-state index contributed by atoms with van der Waals surface area (Å²) in [7, 11) is 0. The topological polar surface area (TPSA) is 146 Å². The molecule has 4 fully saturated rings. The molecule has 0 aliphatic heterocycles. The standard InChI is InChI=1S/C36H60N4O6/c1-6-27(7-2)46-29-17-26(32(43)44)16-28(31(29)38-24(3)41)39-33(45)37-15-13-11-9-8-10-12-14-30(42)40-36-20-25-18-34(4,22-36)21-35(5,19-25)23-36/h17,25,27-29,31H,6-16,18-23H2,1-5H3,(H,38,41)(H,40,42)(H,43,44)(H2,37,39,45)/t25?,28-,29+,31+,34-,35+,36?/m0/s1. The van der Waals surface area contributed by atoms with Gasteiger partial charge in [-0.2, -0.15) is 0 Å². The first-order valence-corrected chi connectivity index (χ1v) is 18.0. The van der Waals surface area contributed by atoms with Crippen LogP contribution in [0.2, 0.25) is 0 Å². The summed E-state index contributed by atoms with van der Waals surface area (Å²) >= 11 is 0. The zero-order valence-electron chi connectivity index (χ0n) is 29.0. The third-order valence-corrected chi connectivity index (χ3v) is 11.0. The molecule has 0 heterocycles. The van der Waals surface area contributed by atoms with Crippen LogP contribution >= 0.6 is 0 Å². The normalized spacial score (nSPS) is 33.0. The Balaban J connectivity index is 1.11. The number of nitrogens with one attached hydrogen (secondary N) is 4. The van der Waals surface area contributed by atoms with E-state index in [1.54, 1.807) is 6.08 Å². The van der Waals surface area contributed by atoms with Gasteiger partial charge in [0.15, 0.2) is 0 Å². The average Bonchev–Trinajstić information content (AvgIpc) is 2.93. The minimum Gasteiger partial charge on any atom is -0.478 e. The van der Waals surface area contributed by atoms with E-state index in [-0.39, 0.29) is 41.5 Å². The van der Waals surface area contributed by atoms with Gasteiger partial charge in [0.2, 0.25) is 11.8 Å². The summed E-state index contributed by atoms with van der Waals surface area (Å²) < 4.78 is 6.18. The summed E-state index contributed by atoms with van der Waals surface area (Å²) in [5.41, 5.74) is 0.984. The summed E-state index contributed by atoms with van der Waals surface area (Å²) in [5.74, 6) is -0.330. The van der Waals surface area contributed by atoms with E-state index in [0.717, 1.165) is 70.1 Å². The van der Waals surface area contributed by atoms with Crippen LogP contribution < -0.4 is 21.3 Å². The second kappa shape index (κ2) is 15.5. The number of urea groups is 1. The molecule has 5 rings (SSSR count). The summed E-state index contributed by atoms with van der Waals surface area (Å²) in [6.45, 7) is 10.8. The summed E-state index contributed by atoms with van der Waals surface area (Å²) in [6, 6.07) is -1.58. The van der Waals surface area contributed by atoms with Gasteiger partial charge in [0, 0.05) is 37.4 Å². The molecule has 5 N–H and O–H groups in total. The first kappa shape index (κ1) is 36.2. The molecule has 0 aromatic carbocycles. The van der Waals surface area contributed by atoms with E-state index in [0.29, 0.717) is 23.8 Å². The predicted molar refractivity (Wildman–Crippen MR) is 178 cm³/mol. The number of hydrogen-bond donors (Lipinski definition) is 5. The lowest BCUT2D eigenvalue weighted by atomic mass is 9.43. The molecule has 7 atom stereocenters. The largest absolute Gasteiger partial charge is 0.478 e. The number of rotatable bonds is 17. The van der Waals surface area contributed by atoms with Gasteiger partial charge in [0.05, 0.1) is 24.3 Å². The molecule has 0 aromatic heterocycles. The molecule has 260 valence electrons. The number of ether oxygens (including phenoxy) is 1. The average molecular weight is 645 g/mol. The second-order valence-electron chi connectivity index (χ2n) is 15.8. The number of carbonyl (C=O) groups is 4. The van der Waals surface area contributed by atoms with E-state index in [2.05, 4.69) is 35.1 Å². The van der Waals surface area contributed by atoms with E-state index in [1.165, 1.54) is 32.6 Å². The minimum absolute atomic E-state index is 0.0268. The minimum atomic E-state index is -1.06. The molecular weight excluding hydrogens is 584 g/mol. The van der Waals surface area contributed by atoms with Gasteiger partial charge in [0.25, 0.3) is 0 Å². The molecular formula is C36H60N4O6. The predicted octanol–water partition coefficient (Wildman–Crippen LogP) is 5.74. The fraction of sp³-hybridized carbons (Fsp3) is 0.833. The monoisotopic (exact) mass is 644 g/mol. The van der Waals surface area contributed by atoms with E-state index in [1.807, 2.05) is 13.8 Å². The lowest BCUT2D eigenvalue weighted by Gasteiger charge is -2.65. The Bertz CT molecular complexity index is 1120. The summed E-state index contributed by atoms with van der Waals surface area (Å²) in [6.07, 6.45) is 16.3. The lowest BCUT2D eigenvalue weighted by molar-refractivity contribution is -0.140. The maximum Gasteiger partial charge on any atom is 0.331 e. The van der Waals surface area contributed by atoms with Gasteiger partial charge in [-0.05, 0) is 87.0 Å². The van der Waals surface area contributed by atoms with Crippen LogP contribution in [0, 0.1) is 16.7 Å². The van der Waals surface area contributed by atoms with Crippen molar-refractivity contribution in [3.8, 4) is 0 Å². The molecule has 5 aliphatic rings. The number of carbonyl (C=O) groups excluding carboxylic acids is 3. The molecule has 5 aliphatic carbocycles. The highest BCUT2D eigenvalue weighted by molar-refractivity contribution is 5.87. The molecule has 0 saturated heterocycles. The zero-order chi connectivity index (χ0) is 33.5. The summed E-state index contributed by atoms with van der Waals surface area (Å²) in [4.78, 5) is 49.5. The van der Waals surface area contributed by atoms with Gasteiger partial charge in [-0.3, -0.25) is 9.59 Å². The highest BCUT2D eigenvalue weighted by Gasteiger charge is 2.60. The lowest BCUT2D eigenvalue weighted by Crippen LogP contribution is -2.65. The zero-order valence-corrected chi connectivity index (χ0v) is 29.0. The van der Waals surface area contributed by atoms with Crippen molar-refractivity contribution in [1.82, 2.24) is 21.3 Å². The van der Waals surface area contributed by atoms with Crippen LogP contribution in [0.15, 0.2) is 11.6 Å². The van der Waals surface area contributed by atoms with Crippen LogP contribution in [-0.4, -0.2) is 65.3 Å². The molecule has 0 spiro atoms. The number of aliphatic carboxylic acids is 1. The third-order valence-electron chi connectivity index (χ3n) is 11.0. The summed E-state index contributed by atoms with van der Waals surface area (Å²) in [5, 5.41) is 21.9. The Labute approximate surface area is 276 Å². The highest BCUT2D eigenvalue weighted by atomic mass is 16.5. The fourth-order valence-electron chi connectivity index (χ4n) is 9.99. The maximum atomic E-state index is 12.9. The first-order valence-electron chi connectivity index (χ1n) is 18.0. The number of unbranched alkanes of at least 4 members (excludes halogenated alkanes) is 5. The van der Waals surface area contributed by atoms with Crippen molar-refractivity contribution in [1.29, 1.82) is 0 Å². The van der Waals surface area contributed by atoms with Crippen LogP contribution in [0.4, 0.5) is 4.79 Å². The van der Waals surface area contributed by atoms with Crippen molar-refractivity contribution in [2.24, 2.45) is 16.7 Å². The molecule has 2 unspecified atom stereocenters. The van der Waals surface area contributed by atoms with Crippen LogP contribution in [0.1, 0.15) is 137 Å². The van der Waals surface area contributed by atoms with Crippen LogP contribution in [0.25, 0.3) is 0 Å². The van der Waals surface area contributed by atoms with Crippen LogP contribution in [-0.2, 0) is 19.1 Å². The van der Waals surface area contributed by atoms with Crippen molar-refractivity contribution in [3.05, 3.63) is 11.6 Å². The van der Waals surface area contributed by atoms with Crippen molar-refractivity contribution in [3.63, 3.8) is 0 Å². The molecule has 10 nitrogen and oxygen atoms in total. The molecule has 0 aromatic rings. The smallest absolute Gasteiger partial charge is 0.331 e. The van der Waals surface area contributed by atoms with Gasteiger partial charge in [-0.25, -0.2) is 9.59 Å². The molecule has 46 heavy (non-hydrogen) atoms. The Morgan fingerprint density at radius 2 is 1.54 bits per heavy atom. The van der Waals surface area contributed by atoms with Gasteiger partial charge in [-0.15, -0.1) is 0 Å². The van der Waals surface area contributed by atoms with Crippen molar-refractivity contribution < 1.29 is 29.0 Å². The van der Waals surface area contributed by atoms with E-state index in [4.69, 9.17) is 4.74 Å². The van der Waals surface area contributed by atoms with Gasteiger partial charge in [-0.1, -0.05) is 53.4 Å². The Hall–Kier alpha value is -2.62. The Morgan fingerprint density at radius 3 is 2.13 bits per heavy atom. The molecule has 0 radical (unpaired) electrons. The third kappa shape index (κ3) is 9.71. The quantitative estimate of drug-likeness (QED) is 0.128. The molecule has 10 heteroatoms. The Kier molecular flexibility index (Phi) is 12.2. The van der Waals surface area contributed by atoms with Crippen LogP contribution in [0.3, 0.4) is 0 Å². The van der Waals surface area contributed by atoms with Gasteiger partial charge >= 0.3 is 12.0 Å². The van der Waals surface area contributed by atoms with E-state index >= 15 is 0 Å². The van der Waals surface area contributed by atoms with E-state index in [9.17, 15) is 24.3 Å². The number of carboxylic acids is 1. The number of hydrogen-bond acceptors (Lipinski definition) is 5. The maximum absolute atomic E-state index is 12.9. The number of carboxylic acid groups (broad SMARTS) is 1. The Morgan fingerprint density at radius 1 is 0.913 bits per heavy atom. The fourth-order valence-corrected chi connectivity index (χ4v) is 9.99. The molecule has 4 saturated carbocycles. The SMILES string of the molecule is CCC(CC)O[C@@H]1C=C(C(=O)O)C[C@H](NC(=O)NCCCCCCCCC(=O)NC23CC4C[C@@](C)(C2)C[C@](C)(C4)C3)[C@H]1NC(C)=O. The first-order chi connectivity index (χ1) is 21.8. The van der Waals surface area contributed by atoms with Crippen molar-refractivity contribution in [2.45, 2.75) is 167 Å². The van der Waals surface area contributed by atoms with Crippen LogP contribution in [0.5, 0.6) is 0 Å². The van der Waals surface area contributed by atoms with Crippen molar-refractivity contribution in [2.75, 3.05) is 6.54 Å².